The molecule has 3 nitrogen and oxygen atoms in total. The number of rotatable bonds is 3. The number of Topliss-reactive ketones (excluding diaryl/α,β-unsaturated/α-hetero) is 1. The summed E-state index contributed by atoms with van der Waals surface area (Å²) in [4.78, 5) is 12.5. The number of hydrogen-bond donors (Lipinski definition) is 0. The number of nitrogens with zero attached hydrogens (tertiary/aromatic N) is 2. The third-order valence-electron chi connectivity index (χ3n) is 1.92. The van der Waals surface area contributed by atoms with Gasteiger partial charge in [-0.3, -0.25) is 9.48 Å². The summed E-state index contributed by atoms with van der Waals surface area (Å²) in [7, 11) is 0. The Morgan fingerprint density at radius 3 is 2.93 bits per heavy atom. The van der Waals surface area contributed by atoms with E-state index in [2.05, 4.69) is 21.0 Å². The standard InChI is InChI=1S/C10H9BrN2OS/c1-7-4-12-13(5-7)6-8(14)9-2-3-10(11)15-9/h2-5H,6H2,1H3. The molecular formula is C10H9BrN2OS. The molecular weight excluding hydrogens is 276 g/mol. The van der Waals surface area contributed by atoms with Crippen LogP contribution in [-0.4, -0.2) is 15.6 Å². The van der Waals surface area contributed by atoms with Crippen molar-refractivity contribution in [2.24, 2.45) is 0 Å². The smallest absolute Gasteiger partial charge is 0.194 e. The van der Waals surface area contributed by atoms with Gasteiger partial charge >= 0.3 is 0 Å². The molecule has 2 aromatic rings. The Balaban J connectivity index is 2.10. The Hall–Kier alpha value is -0.940. The first-order valence-electron chi connectivity index (χ1n) is 4.43. The van der Waals surface area contributed by atoms with Gasteiger partial charge in [0.05, 0.1) is 14.9 Å². The molecule has 0 amide bonds. The van der Waals surface area contributed by atoms with Crippen molar-refractivity contribution in [3.8, 4) is 0 Å². The van der Waals surface area contributed by atoms with Gasteiger partial charge < -0.3 is 0 Å². The average molecular weight is 285 g/mol. The molecule has 2 aromatic heterocycles. The maximum absolute atomic E-state index is 11.8. The molecule has 0 aliphatic carbocycles. The van der Waals surface area contributed by atoms with Crippen molar-refractivity contribution < 1.29 is 4.79 Å². The summed E-state index contributed by atoms with van der Waals surface area (Å²) in [6.45, 7) is 2.26. The van der Waals surface area contributed by atoms with Crippen LogP contribution in [0.25, 0.3) is 0 Å². The van der Waals surface area contributed by atoms with Crippen LogP contribution in [0.4, 0.5) is 0 Å². The number of thiophene rings is 1. The second-order valence-corrected chi connectivity index (χ2v) is 5.71. The van der Waals surface area contributed by atoms with E-state index in [1.54, 1.807) is 10.9 Å². The van der Waals surface area contributed by atoms with Crippen molar-refractivity contribution in [2.45, 2.75) is 13.5 Å². The van der Waals surface area contributed by atoms with Crippen LogP contribution in [0, 0.1) is 6.92 Å². The third kappa shape index (κ3) is 2.54. The van der Waals surface area contributed by atoms with Crippen molar-refractivity contribution in [1.29, 1.82) is 0 Å². The summed E-state index contributed by atoms with van der Waals surface area (Å²) >= 11 is 4.78. The van der Waals surface area contributed by atoms with Gasteiger partial charge in [-0.2, -0.15) is 5.10 Å². The van der Waals surface area contributed by atoms with Crippen LogP contribution in [0.5, 0.6) is 0 Å². The lowest BCUT2D eigenvalue weighted by atomic mass is 10.3. The van der Waals surface area contributed by atoms with Gasteiger partial charge in [-0.05, 0) is 40.5 Å². The molecule has 15 heavy (non-hydrogen) atoms. The molecule has 2 heterocycles. The van der Waals surface area contributed by atoms with Crippen LogP contribution in [0.2, 0.25) is 0 Å². The first-order valence-corrected chi connectivity index (χ1v) is 6.04. The van der Waals surface area contributed by atoms with Gasteiger partial charge in [0.15, 0.2) is 5.78 Å². The summed E-state index contributed by atoms with van der Waals surface area (Å²) in [6, 6.07) is 3.71. The van der Waals surface area contributed by atoms with E-state index in [4.69, 9.17) is 0 Å². The molecule has 0 saturated carbocycles. The Bertz CT molecular complexity index is 489. The zero-order valence-corrected chi connectivity index (χ0v) is 10.5. The maximum Gasteiger partial charge on any atom is 0.194 e. The molecule has 0 fully saturated rings. The number of carbonyl (C=O) groups excluding carboxylic acids is 1. The molecule has 5 heteroatoms. The van der Waals surface area contributed by atoms with Gasteiger partial charge in [0.25, 0.3) is 0 Å². The Morgan fingerprint density at radius 1 is 1.60 bits per heavy atom. The highest BCUT2D eigenvalue weighted by Gasteiger charge is 2.09. The second-order valence-electron chi connectivity index (χ2n) is 3.24. The number of carbonyl (C=O) groups is 1. The van der Waals surface area contributed by atoms with Gasteiger partial charge in [-0.1, -0.05) is 0 Å². The fourth-order valence-corrected chi connectivity index (χ4v) is 2.56. The highest BCUT2D eigenvalue weighted by Crippen LogP contribution is 2.22. The van der Waals surface area contributed by atoms with E-state index in [1.165, 1.54) is 11.3 Å². The van der Waals surface area contributed by atoms with Gasteiger partial charge in [-0.25, -0.2) is 0 Å². The fraction of sp³-hybridized carbons (Fsp3) is 0.200. The maximum atomic E-state index is 11.8. The van der Waals surface area contributed by atoms with E-state index < -0.39 is 0 Å². The molecule has 0 radical (unpaired) electrons. The Kier molecular flexibility index (Phi) is 3.02. The lowest BCUT2D eigenvalue weighted by Crippen LogP contribution is -2.09. The summed E-state index contributed by atoms with van der Waals surface area (Å²) in [6.07, 6.45) is 3.61. The number of hydrogen-bond acceptors (Lipinski definition) is 3. The van der Waals surface area contributed by atoms with Crippen molar-refractivity contribution >= 4 is 33.0 Å². The molecule has 2 rings (SSSR count). The quantitative estimate of drug-likeness (QED) is 0.813. The van der Waals surface area contributed by atoms with Crippen LogP contribution in [0.3, 0.4) is 0 Å². The number of aromatic nitrogens is 2. The molecule has 0 spiro atoms. The molecule has 0 saturated heterocycles. The average Bonchev–Trinajstić information content (AvgIpc) is 2.75. The molecule has 0 aromatic carbocycles. The van der Waals surface area contributed by atoms with E-state index >= 15 is 0 Å². The predicted molar refractivity (Wildman–Crippen MR) is 63.3 cm³/mol. The van der Waals surface area contributed by atoms with Crippen LogP contribution >= 0.6 is 27.3 Å². The van der Waals surface area contributed by atoms with Gasteiger partial charge in [0.2, 0.25) is 0 Å². The summed E-state index contributed by atoms with van der Waals surface area (Å²) in [5.74, 6) is 0.0915. The van der Waals surface area contributed by atoms with Crippen LogP contribution < -0.4 is 0 Å². The normalized spacial score (nSPS) is 10.5. The predicted octanol–water partition coefficient (Wildman–Crippen LogP) is 2.90. The Morgan fingerprint density at radius 2 is 2.40 bits per heavy atom. The van der Waals surface area contributed by atoms with E-state index in [1.807, 2.05) is 25.3 Å². The molecule has 0 aliphatic rings. The zero-order valence-electron chi connectivity index (χ0n) is 8.11. The third-order valence-corrected chi connectivity index (χ3v) is 3.58. The second kappa shape index (κ2) is 4.28. The highest BCUT2D eigenvalue weighted by molar-refractivity contribution is 9.11. The van der Waals surface area contributed by atoms with E-state index in [0.717, 1.165) is 14.2 Å². The van der Waals surface area contributed by atoms with Crippen molar-refractivity contribution in [2.75, 3.05) is 0 Å². The minimum Gasteiger partial charge on any atom is -0.291 e. The number of aryl methyl sites for hydroxylation is 1. The molecule has 0 N–H and O–H groups in total. The first kappa shape index (κ1) is 10.6. The number of halogens is 1. The van der Waals surface area contributed by atoms with Gasteiger partial charge in [-0.15, -0.1) is 11.3 Å². The van der Waals surface area contributed by atoms with Crippen molar-refractivity contribution in [3.05, 3.63) is 38.8 Å². The molecule has 0 unspecified atom stereocenters. The van der Waals surface area contributed by atoms with Crippen molar-refractivity contribution in [3.63, 3.8) is 0 Å². The summed E-state index contributed by atoms with van der Waals surface area (Å²) in [5.41, 5.74) is 1.06. The van der Waals surface area contributed by atoms with Gasteiger partial charge in [0, 0.05) is 6.20 Å². The Labute approximate surface area is 99.9 Å². The molecule has 0 atom stereocenters. The van der Waals surface area contributed by atoms with Crippen molar-refractivity contribution in [1.82, 2.24) is 9.78 Å². The molecule has 0 aliphatic heterocycles. The molecule has 0 bridgehead atoms. The SMILES string of the molecule is Cc1cnn(CC(=O)c2ccc(Br)s2)c1. The number of ketones is 1. The van der Waals surface area contributed by atoms with Gasteiger partial charge in [0.1, 0.15) is 6.54 Å². The lowest BCUT2D eigenvalue weighted by Gasteiger charge is -1.97. The van der Waals surface area contributed by atoms with E-state index in [-0.39, 0.29) is 5.78 Å². The van der Waals surface area contributed by atoms with Crippen LogP contribution in [-0.2, 0) is 6.54 Å². The molecule has 78 valence electrons. The van der Waals surface area contributed by atoms with E-state index in [9.17, 15) is 4.79 Å². The minimum atomic E-state index is 0.0915. The topological polar surface area (TPSA) is 34.9 Å². The monoisotopic (exact) mass is 284 g/mol. The van der Waals surface area contributed by atoms with E-state index in [0.29, 0.717) is 6.54 Å². The van der Waals surface area contributed by atoms with Crippen LogP contribution in [0.15, 0.2) is 28.3 Å². The summed E-state index contributed by atoms with van der Waals surface area (Å²) in [5, 5.41) is 4.08. The zero-order chi connectivity index (χ0) is 10.8. The first-order chi connectivity index (χ1) is 7.15. The lowest BCUT2D eigenvalue weighted by molar-refractivity contribution is 0.0971. The largest absolute Gasteiger partial charge is 0.291 e. The van der Waals surface area contributed by atoms with Crippen LogP contribution in [0.1, 0.15) is 15.2 Å². The minimum absolute atomic E-state index is 0.0915. The highest BCUT2D eigenvalue weighted by atomic mass is 79.9. The summed E-state index contributed by atoms with van der Waals surface area (Å²) < 4.78 is 2.63. The fourth-order valence-electron chi connectivity index (χ4n) is 1.24.